The number of rotatable bonds is 2. The number of alkyl halides is 3. The maximum absolute atomic E-state index is 13.2. The van der Waals surface area contributed by atoms with Gasteiger partial charge in [-0.25, -0.2) is 0 Å². The Labute approximate surface area is 107 Å². The highest BCUT2D eigenvalue weighted by atomic mass is 19.4. The van der Waals surface area contributed by atoms with E-state index in [4.69, 9.17) is 0 Å². The average Bonchev–Trinajstić information content (AvgIpc) is 2.19. The van der Waals surface area contributed by atoms with Crippen molar-refractivity contribution in [2.24, 2.45) is 0 Å². The van der Waals surface area contributed by atoms with Gasteiger partial charge in [0.05, 0.1) is 0 Å². The van der Waals surface area contributed by atoms with Crippen molar-refractivity contribution in [3.8, 4) is 0 Å². The normalized spacial score (nSPS) is 14.1. The summed E-state index contributed by atoms with van der Waals surface area (Å²) >= 11 is 0. The Bertz CT molecular complexity index is 421. The van der Waals surface area contributed by atoms with Gasteiger partial charge in [0.15, 0.2) is 0 Å². The van der Waals surface area contributed by atoms with Crippen LogP contribution in [0.3, 0.4) is 0 Å². The number of benzene rings is 1. The summed E-state index contributed by atoms with van der Waals surface area (Å²) in [5.74, 6) is 0. The highest BCUT2D eigenvalue weighted by Crippen LogP contribution is 2.40. The van der Waals surface area contributed by atoms with E-state index in [1.54, 1.807) is 13.8 Å². The maximum atomic E-state index is 13.2. The summed E-state index contributed by atoms with van der Waals surface area (Å²) in [6.45, 7) is 7.24. The van der Waals surface area contributed by atoms with Gasteiger partial charge in [-0.15, -0.1) is 0 Å². The molecule has 1 aromatic rings. The number of aryl methyl sites for hydroxylation is 2. The molecule has 1 nitrogen and oxygen atoms in total. The first-order chi connectivity index (χ1) is 8.07. The molecule has 4 heteroatoms. The molecule has 1 unspecified atom stereocenters. The van der Waals surface area contributed by atoms with Gasteiger partial charge in [0.2, 0.25) is 0 Å². The predicted molar refractivity (Wildman–Crippen MR) is 67.9 cm³/mol. The average molecular weight is 259 g/mol. The molecule has 1 atom stereocenters. The molecule has 0 fully saturated rings. The van der Waals surface area contributed by atoms with Gasteiger partial charge in [0.25, 0.3) is 0 Å². The van der Waals surface area contributed by atoms with Crippen molar-refractivity contribution in [3.63, 3.8) is 0 Å². The van der Waals surface area contributed by atoms with Crippen molar-refractivity contribution in [2.75, 3.05) is 14.1 Å². The molecule has 1 rings (SSSR count). The van der Waals surface area contributed by atoms with Crippen LogP contribution in [0.15, 0.2) is 6.07 Å². The summed E-state index contributed by atoms with van der Waals surface area (Å²) in [4.78, 5) is 1.23. The molecule has 0 aliphatic rings. The van der Waals surface area contributed by atoms with Crippen LogP contribution in [0.1, 0.15) is 33.9 Å². The van der Waals surface area contributed by atoms with Gasteiger partial charge in [-0.05, 0) is 69.6 Å². The van der Waals surface area contributed by atoms with Crippen LogP contribution in [0, 0.1) is 27.7 Å². The lowest BCUT2D eigenvalue weighted by atomic mass is 9.89. The van der Waals surface area contributed by atoms with E-state index in [9.17, 15) is 13.2 Å². The van der Waals surface area contributed by atoms with Crippen molar-refractivity contribution in [3.05, 3.63) is 33.9 Å². The monoisotopic (exact) mass is 259 g/mol. The molecule has 0 aliphatic heterocycles. The fourth-order valence-corrected chi connectivity index (χ4v) is 2.37. The summed E-state index contributed by atoms with van der Waals surface area (Å²) < 4.78 is 39.7. The molecule has 0 radical (unpaired) electrons. The zero-order chi connectivity index (χ0) is 14.2. The first-order valence-electron chi connectivity index (χ1n) is 5.87. The molecule has 18 heavy (non-hydrogen) atoms. The molecule has 0 heterocycles. The molecule has 0 spiro atoms. The molecule has 0 saturated heterocycles. The van der Waals surface area contributed by atoms with E-state index in [-0.39, 0.29) is 0 Å². The van der Waals surface area contributed by atoms with Gasteiger partial charge in [0, 0.05) is 0 Å². The molecule has 0 amide bonds. The maximum Gasteiger partial charge on any atom is 0.408 e. The van der Waals surface area contributed by atoms with Crippen molar-refractivity contribution in [2.45, 2.75) is 39.9 Å². The van der Waals surface area contributed by atoms with Crippen LogP contribution in [-0.2, 0) is 0 Å². The van der Waals surface area contributed by atoms with Crippen molar-refractivity contribution < 1.29 is 13.2 Å². The SMILES string of the molecule is Cc1cc(C)c(C)c(C(N(C)C)C(F)(F)F)c1C. The van der Waals surface area contributed by atoms with Crippen LogP contribution in [0.2, 0.25) is 0 Å². The van der Waals surface area contributed by atoms with Crippen LogP contribution in [0.5, 0.6) is 0 Å². The third-order valence-corrected chi connectivity index (χ3v) is 3.52. The molecule has 0 saturated carbocycles. The van der Waals surface area contributed by atoms with Gasteiger partial charge >= 0.3 is 6.18 Å². The Morgan fingerprint density at radius 2 is 1.33 bits per heavy atom. The molecule has 0 aliphatic carbocycles. The molecule has 0 bridgehead atoms. The summed E-state index contributed by atoms with van der Waals surface area (Å²) in [6.07, 6.45) is -4.26. The van der Waals surface area contributed by atoms with E-state index < -0.39 is 12.2 Å². The smallest absolute Gasteiger partial charge is 0.295 e. The highest BCUT2D eigenvalue weighted by molar-refractivity contribution is 5.46. The van der Waals surface area contributed by atoms with Crippen LogP contribution < -0.4 is 0 Å². The van der Waals surface area contributed by atoms with Crippen LogP contribution >= 0.6 is 0 Å². The Kier molecular flexibility index (Phi) is 4.11. The second-order valence-corrected chi connectivity index (χ2v) is 5.08. The summed E-state index contributed by atoms with van der Waals surface area (Å²) in [7, 11) is 2.93. The number of hydrogen-bond donors (Lipinski definition) is 0. The van der Waals surface area contributed by atoms with Crippen molar-refractivity contribution in [1.29, 1.82) is 0 Å². The Morgan fingerprint density at radius 3 is 1.61 bits per heavy atom. The van der Waals surface area contributed by atoms with Crippen LogP contribution in [0.4, 0.5) is 13.2 Å². The molecule has 1 aromatic carbocycles. The van der Waals surface area contributed by atoms with E-state index in [0.717, 1.165) is 22.3 Å². The largest absolute Gasteiger partial charge is 0.408 e. The Balaban J connectivity index is 3.56. The number of nitrogens with zero attached hydrogens (tertiary/aromatic N) is 1. The number of halogens is 3. The lowest BCUT2D eigenvalue weighted by Crippen LogP contribution is -2.34. The quantitative estimate of drug-likeness (QED) is 0.773. The molecule has 0 N–H and O–H groups in total. The zero-order valence-electron chi connectivity index (χ0n) is 11.7. The Morgan fingerprint density at radius 1 is 0.944 bits per heavy atom. The third kappa shape index (κ3) is 2.69. The topological polar surface area (TPSA) is 3.24 Å². The van der Waals surface area contributed by atoms with E-state index in [2.05, 4.69) is 0 Å². The van der Waals surface area contributed by atoms with E-state index in [1.807, 2.05) is 19.9 Å². The molecule has 0 aromatic heterocycles. The van der Waals surface area contributed by atoms with Crippen molar-refractivity contribution in [1.82, 2.24) is 4.90 Å². The van der Waals surface area contributed by atoms with Gasteiger partial charge in [-0.3, -0.25) is 4.90 Å². The molecule has 102 valence electrons. The predicted octanol–water partition coefficient (Wildman–Crippen LogP) is 4.09. The second-order valence-electron chi connectivity index (χ2n) is 5.08. The fourth-order valence-electron chi connectivity index (χ4n) is 2.37. The first-order valence-corrected chi connectivity index (χ1v) is 5.87. The zero-order valence-corrected chi connectivity index (χ0v) is 11.7. The van der Waals surface area contributed by atoms with Crippen LogP contribution in [-0.4, -0.2) is 25.2 Å². The van der Waals surface area contributed by atoms with Crippen molar-refractivity contribution >= 4 is 0 Å². The third-order valence-electron chi connectivity index (χ3n) is 3.52. The minimum atomic E-state index is -4.26. The number of hydrogen-bond acceptors (Lipinski definition) is 1. The lowest BCUT2D eigenvalue weighted by Gasteiger charge is -2.31. The Hall–Kier alpha value is -1.03. The van der Waals surface area contributed by atoms with Crippen LogP contribution in [0.25, 0.3) is 0 Å². The van der Waals surface area contributed by atoms with Gasteiger partial charge in [0.1, 0.15) is 6.04 Å². The summed E-state index contributed by atoms with van der Waals surface area (Å²) in [5.41, 5.74) is 3.67. The van der Waals surface area contributed by atoms with E-state index in [0.29, 0.717) is 5.56 Å². The van der Waals surface area contributed by atoms with E-state index in [1.165, 1.54) is 19.0 Å². The lowest BCUT2D eigenvalue weighted by molar-refractivity contribution is -0.179. The minimum Gasteiger partial charge on any atom is -0.295 e. The highest BCUT2D eigenvalue weighted by Gasteiger charge is 2.44. The first kappa shape index (κ1) is 15.0. The minimum absolute atomic E-state index is 0.394. The summed E-state index contributed by atoms with van der Waals surface area (Å²) in [5, 5.41) is 0. The van der Waals surface area contributed by atoms with Gasteiger partial charge in [-0.2, -0.15) is 13.2 Å². The molecular formula is C14H20F3N. The fraction of sp³-hybridized carbons (Fsp3) is 0.571. The van der Waals surface area contributed by atoms with Gasteiger partial charge < -0.3 is 0 Å². The second kappa shape index (κ2) is 4.92. The van der Waals surface area contributed by atoms with E-state index >= 15 is 0 Å². The summed E-state index contributed by atoms with van der Waals surface area (Å²) in [6, 6.07) is 0.396. The van der Waals surface area contributed by atoms with Gasteiger partial charge in [-0.1, -0.05) is 6.07 Å². The molecular weight excluding hydrogens is 239 g/mol. The standard InChI is InChI=1S/C14H20F3N/c1-8-7-9(2)11(4)12(10(8)3)13(18(5)6)14(15,16)17/h7,13H,1-6H3.